The fraction of sp³-hybridized carbons (Fsp3) is 0. The van der Waals surface area contributed by atoms with E-state index in [1.807, 2.05) is 28.7 Å². The third kappa shape index (κ3) is 2.48. The molecule has 0 aliphatic heterocycles. The summed E-state index contributed by atoms with van der Waals surface area (Å²) in [5.41, 5.74) is -0.111. The van der Waals surface area contributed by atoms with Gasteiger partial charge in [0, 0.05) is 12.5 Å². The standard InChI is InChI=1S/C11H5I3O4/c12-7-3-1-2-5-6(7)4-8(13)9(11(15)16)10(5)14(17)18/h1-4H,(H,15,16). The molecule has 0 aliphatic rings. The maximum atomic E-state index is 11.5. The number of carbonyl (C=O) groups is 1. The fourth-order valence-corrected chi connectivity index (χ4v) is 5.56. The van der Waals surface area contributed by atoms with Crippen LogP contribution >= 0.6 is 65.0 Å². The van der Waals surface area contributed by atoms with E-state index in [-0.39, 0.29) is 9.13 Å². The van der Waals surface area contributed by atoms with Gasteiger partial charge in [0.1, 0.15) is 0 Å². The maximum absolute atomic E-state index is 11.5. The van der Waals surface area contributed by atoms with Crippen LogP contribution in [-0.2, 0) is 6.14 Å². The second-order valence-electron chi connectivity index (χ2n) is 3.40. The number of halogens is 3. The summed E-state index contributed by atoms with van der Waals surface area (Å²) in [4.78, 5) is 11.2. The van der Waals surface area contributed by atoms with Crippen molar-refractivity contribution in [2.45, 2.75) is 0 Å². The lowest BCUT2D eigenvalue weighted by molar-refractivity contribution is 0.0694. The lowest BCUT2D eigenvalue weighted by atomic mass is 10.1. The van der Waals surface area contributed by atoms with Crippen LogP contribution in [0.5, 0.6) is 0 Å². The molecule has 0 heterocycles. The fourth-order valence-electron chi connectivity index (χ4n) is 1.67. The van der Waals surface area contributed by atoms with Gasteiger partial charge in [-0.3, -0.25) is 0 Å². The van der Waals surface area contributed by atoms with Gasteiger partial charge in [0.25, 0.3) is 0 Å². The summed E-state index contributed by atoms with van der Waals surface area (Å²) in [5, 5.41) is 10.4. The molecule has 0 aromatic heterocycles. The van der Waals surface area contributed by atoms with Gasteiger partial charge in [-0.2, -0.15) is 0 Å². The molecule has 0 atom stereocenters. The van der Waals surface area contributed by atoms with E-state index in [1.54, 1.807) is 18.2 Å². The molecule has 7 heteroatoms. The smallest absolute Gasteiger partial charge is 0.342 e. The SMILES string of the molecule is O=C(O)c1c(I)cc2c(I)cccc2c1I(=O)=O. The van der Waals surface area contributed by atoms with E-state index in [2.05, 4.69) is 22.6 Å². The van der Waals surface area contributed by atoms with Gasteiger partial charge in [0.2, 0.25) is 0 Å². The first-order valence-corrected chi connectivity index (χ1v) is 9.62. The Balaban J connectivity index is 3.09. The van der Waals surface area contributed by atoms with Crippen LogP contribution in [0.2, 0.25) is 0 Å². The molecule has 2 aromatic carbocycles. The van der Waals surface area contributed by atoms with Gasteiger partial charge in [-0.25, -0.2) is 10.9 Å². The number of benzene rings is 2. The highest BCUT2D eigenvalue weighted by Gasteiger charge is 2.22. The Hall–Kier alpha value is -0.0400. The largest absolute Gasteiger partial charge is 0.478 e. The van der Waals surface area contributed by atoms with E-state index in [0.29, 0.717) is 8.96 Å². The summed E-state index contributed by atoms with van der Waals surface area (Å²) in [6.45, 7) is 0. The second kappa shape index (κ2) is 5.53. The van der Waals surface area contributed by atoms with Crippen molar-refractivity contribution < 1.29 is 16.0 Å². The van der Waals surface area contributed by atoms with Crippen molar-refractivity contribution in [3.05, 3.63) is 40.5 Å². The third-order valence-electron chi connectivity index (χ3n) is 2.39. The van der Waals surface area contributed by atoms with Gasteiger partial charge in [-0.05, 0) is 62.7 Å². The van der Waals surface area contributed by atoms with Crippen molar-refractivity contribution >= 4 is 81.7 Å². The van der Waals surface area contributed by atoms with Gasteiger partial charge in [0.15, 0.2) is 0 Å². The first-order valence-electron chi connectivity index (χ1n) is 4.62. The highest BCUT2D eigenvalue weighted by atomic mass is 127. The number of carboxylic acids is 1. The molecule has 18 heavy (non-hydrogen) atoms. The number of rotatable bonds is 2. The average molecular weight is 582 g/mol. The molecule has 94 valence electrons. The first kappa shape index (κ1) is 14.4. The summed E-state index contributed by atoms with van der Waals surface area (Å²) in [6.07, 6.45) is 0. The molecule has 0 unspecified atom stereocenters. The molecule has 0 amide bonds. The van der Waals surface area contributed by atoms with Gasteiger partial charge in [0.05, 0.1) is 9.13 Å². The highest BCUT2D eigenvalue weighted by molar-refractivity contribution is 14.2. The monoisotopic (exact) mass is 582 g/mol. The van der Waals surface area contributed by atoms with Crippen molar-refractivity contribution in [2.75, 3.05) is 0 Å². The normalized spacial score (nSPS) is 11.1. The van der Waals surface area contributed by atoms with E-state index >= 15 is 0 Å². The Kier molecular flexibility index (Phi) is 4.41. The number of hydrogen-bond acceptors (Lipinski definition) is 3. The van der Waals surface area contributed by atoms with Gasteiger partial charge in [-0.1, -0.05) is 12.1 Å². The average Bonchev–Trinajstić information content (AvgIpc) is 2.28. The Morgan fingerprint density at radius 3 is 2.33 bits per heavy atom. The van der Waals surface area contributed by atoms with E-state index in [9.17, 15) is 10.9 Å². The summed E-state index contributed by atoms with van der Waals surface area (Å²) in [6, 6.07) is 6.95. The minimum atomic E-state index is -3.89. The minimum absolute atomic E-state index is 0.0212. The number of aromatic carboxylic acids is 1. The predicted octanol–water partition coefficient (Wildman–Crippen LogP) is 4.11. The molecule has 0 aliphatic carbocycles. The molecule has 0 saturated carbocycles. The van der Waals surface area contributed by atoms with Crippen LogP contribution in [-0.4, -0.2) is 11.1 Å². The molecule has 0 bridgehead atoms. The topological polar surface area (TPSA) is 71.4 Å². The number of fused-ring (bicyclic) bond motifs is 1. The molecule has 1 N–H and O–H groups in total. The van der Waals surface area contributed by atoms with E-state index in [0.717, 1.165) is 8.96 Å². The van der Waals surface area contributed by atoms with Crippen molar-refractivity contribution in [3.63, 3.8) is 0 Å². The Labute approximate surface area is 137 Å². The van der Waals surface area contributed by atoms with Crippen molar-refractivity contribution in [1.29, 1.82) is 0 Å². The lowest BCUT2D eigenvalue weighted by Gasteiger charge is -2.08. The Morgan fingerprint density at radius 2 is 1.78 bits per heavy atom. The molecular formula is C11H5I3O4. The molecule has 2 aromatic rings. The van der Waals surface area contributed by atoms with Crippen LogP contribution in [0.25, 0.3) is 10.8 Å². The quantitative estimate of drug-likeness (QED) is 0.542. The third-order valence-corrected chi connectivity index (χ3v) is 6.18. The van der Waals surface area contributed by atoms with Crippen LogP contribution in [0.1, 0.15) is 10.4 Å². The molecular weight excluding hydrogens is 577 g/mol. The van der Waals surface area contributed by atoms with Crippen molar-refractivity contribution in [3.8, 4) is 0 Å². The highest BCUT2D eigenvalue weighted by Crippen LogP contribution is 2.35. The zero-order chi connectivity index (χ0) is 13.4. The van der Waals surface area contributed by atoms with Crippen LogP contribution in [0.4, 0.5) is 0 Å². The van der Waals surface area contributed by atoms with E-state index in [1.165, 1.54) is 0 Å². The molecule has 0 spiro atoms. The van der Waals surface area contributed by atoms with Gasteiger partial charge >= 0.3 is 25.8 Å². The van der Waals surface area contributed by atoms with E-state index < -0.39 is 25.8 Å². The molecule has 0 saturated heterocycles. The molecule has 0 fully saturated rings. The van der Waals surface area contributed by atoms with Crippen molar-refractivity contribution in [1.82, 2.24) is 0 Å². The van der Waals surface area contributed by atoms with Crippen LogP contribution in [0.15, 0.2) is 24.3 Å². The summed E-state index contributed by atoms with van der Waals surface area (Å²) >= 11 is 0.0777. The van der Waals surface area contributed by atoms with Gasteiger partial charge < -0.3 is 5.11 Å². The second-order valence-corrected chi connectivity index (χ2v) is 8.05. The summed E-state index contributed by atoms with van der Waals surface area (Å²) < 4.78 is 24.3. The van der Waals surface area contributed by atoms with Crippen LogP contribution < -0.4 is 0 Å². The summed E-state index contributed by atoms with van der Waals surface area (Å²) in [5.74, 6) is -1.20. The lowest BCUT2D eigenvalue weighted by Crippen LogP contribution is -2.04. The maximum Gasteiger partial charge on any atom is 0.342 e. The van der Waals surface area contributed by atoms with E-state index in [4.69, 9.17) is 5.11 Å². The van der Waals surface area contributed by atoms with Gasteiger partial charge in [-0.15, -0.1) is 0 Å². The molecule has 4 nitrogen and oxygen atoms in total. The zero-order valence-electron chi connectivity index (χ0n) is 8.62. The molecule has 2 rings (SSSR count). The Bertz CT molecular complexity index is 727. The van der Waals surface area contributed by atoms with Crippen molar-refractivity contribution in [2.24, 2.45) is 0 Å². The zero-order valence-corrected chi connectivity index (χ0v) is 15.1. The Morgan fingerprint density at radius 1 is 1.11 bits per heavy atom. The number of hydrogen-bond donors (Lipinski definition) is 1. The van der Waals surface area contributed by atoms with Crippen LogP contribution in [0.3, 0.4) is 0 Å². The molecule has 0 radical (unpaired) electrons. The predicted molar refractivity (Wildman–Crippen MR) is 90.4 cm³/mol. The first-order chi connectivity index (χ1) is 8.43. The van der Waals surface area contributed by atoms with Crippen LogP contribution in [0, 0.1) is 10.7 Å². The minimum Gasteiger partial charge on any atom is -0.478 e. The number of carboxylic acid groups (broad SMARTS) is 1. The summed E-state index contributed by atoms with van der Waals surface area (Å²) in [7, 11) is 0.